The molecular weight excluding hydrogens is 252 g/mol. The maximum Gasteiger partial charge on any atom is 0.259 e. The molecule has 0 aliphatic rings. The molecule has 3 N–H and O–H groups in total. The molecule has 2 rings (SSSR count). The van der Waals surface area contributed by atoms with Crippen LogP contribution < -0.4 is 11.1 Å². The minimum atomic E-state index is -0.252. The van der Waals surface area contributed by atoms with E-state index in [1.54, 1.807) is 38.1 Å². The third-order valence-electron chi connectivity index (χ3n) is 2.55. The lowest BCUT2D eigenvalue weighted by molar-refractivity contribution is 0.102. The van der Waals surface area contributed by atoms with Crippen LogP contribution in [0.5, 0.6) is 0 Å². The predicted molar refractivity (Wildman–Crippen MR) is 72.0 cm³/mol. The summed E-state index contributed by atoms with van der Waals surface area (Å²) in [7, 11) is 0. The molecule has 18 heavy (non-hydrogen) atoms. The highest BCUT2D eigenvalue weighted by atomic mass is 35.5. The van der Waals surface area contributed by atoms with Crippen LogP contribution in [0.4, 0.5) is 11.4 Å². The smallest absolute Gasteiger partial charge is 0.259 e. The monoisotopic (exact) mass is 264 g/mol. The number of amides is 1. The van der Waals surface area contributed by atoms with E-state index >= 15 is 0 Å². The Bertz CT molecular complexity index is 605. The summed E-state index contributed by atoms with van der Waals surface area (Å²) in [5.74, 6) is 1.03. The molecule has 0 aliphatic heterocycles. The van der Waals surface area contributed by atoms with Gasteiger partial charge in [-0.3, -0.25) is 4.79 Å². The molecule has 0 atom stereocenters. The highest BCUT2D eigenvalue weighted by Crippen LogP contribution is 2.24. The molecule has 0 unspecified atom stereocenters. The fourth-order valence-electron chi connectivity index (χ4n) is 1.69. The number of nitrogens with two attached hydrogens (primary N) is 1. The zero-order valence-corrected chi connectivity index (χ0v) is 10.8. The van der Waals surface area contributed by atoms with Gasteiger partial charge in [-0.2, -0.15) is 0 Å². The van der Waals surface area contributed by atoms with Gasteiger partial charge in [0.2, 0.25) is 0 Å². The molecule has 1 aromatic heterocycles. The average molecular weight is 265 g/mol. The number of benzene rings is 1. The Morgan fingerprint density at radius 2 is 2.06 bits per heavy atom. The minimum Gasteiger partial charge on any atom is -0.466 e. The molecule has 0 bridgehead atoms. The summed E-state index contributed by atoms with van der Waals surface area (Å²) < 4.78 is 5.31. The maximum absolute atomic E-state index is 12.0. The first-order valence-electron chi connectivity index (χ1n) is 5.41. The summed E-state index contributed by atoms with van der Waals surface area (Å²) in [6, 6.07) is 6.61. The van der Waals surface area contributed by atoms with Gasteiger partial charge in [0.1, 0.15) is 11.5 Å². The fraction of sp³-hybridized carbons (Fsp3) is 0.154. The van der Waals surface area contributed by atoms with Crippen LogP contribution in [-0.4, -0.2) is 5.91 Å². The van der Waals surface area contributed by atoms with Gasteiger partial charge >= 0.3 is 0 Å². The van der Waals surface area contributed by atoms with Crippen molar-refractivity contribution in [3.05, 3.63) is 46.4 Å². The van der Waals surface area contributed by atoms with Gasteiger partial charge in [0.15, 0.2) is 0 Å². The number of halogens is 1. The first-order valence-corrected chi connectivity index (χ1v) is 5.78. The summed E-state index contributed by atoms with van der Waals surface area (Å²) in [5, 5.41) is 3.25. The van der Waals surface area contributed by atoms with Crippen molar-refractivity contribution >= 4 is 28.9 Å². The Morgan fingerprint density at radius 1 is 1.33 bits per heavy atom. The largest absolute Gasteiger partial charge is 0.466 e. The molecule has 0 saturated carbocycles. The Labute approximate surface area is 110 Å². The number of anilines is 2. The normalized spacial score (nSPS) is 10.4. The summed E-state index contributed by atoms with van der Waals surface area (Å²) in [5.41, 5.74) is 7.23. The van der Waals surface area contributed by atoms with Gasteiger partial charge in [0.05, 0.1) is 16.9 Å². The Balaban J connectivity index is 2.24. The van der Waals surface area contributed by atoms with E-state index in [-0.39, 0.29) is 5.91 Å². The first-order chi connectivity index (χ1) is 8.47. The van der Waals surface area contributed by atoms with Crippen LogP contribution >= 0.6 is 11.6 Å². The summed E-state index contributed by atoms with van der Waals surface area (Å²) >= 11 is 5.79. The van der Waals surface area contributed by atoms with Crippen molar-refractivity contribution in [2.75, 3.05) is 11.1 Å². The first kappa shape index (κ1) is 12.5. The van der Waals surface area contributed by atoms with Gasteiger partial charge in [-0.25, -0.2) is 0 Å². The average Bonchev–Trinajstić information content (AvgIpc) is 2.62. The predicted octanol–water partition coefficient (Wildman–Crippen LogP) is 3.38. The van der Waals surface area contributed by atoms with E-state index in [9.17, 15) is 4.79 Å². The number of carbonyl (C=O) groups excluding carboxylic acids is 1. The van der Waals surface area contributed by atoms with E-state index in [4.69, 9.17) is 21.8 Å². The Kier molecular flexibility index (Phi) is 3.30. The lowest BCUT2D eigenvalue weighted by Gasteiger charge is -2.07. The number of nitrogens with one attached hydrogen (secondary N) is 1. The van der Waals surface area contributed by atoms with E-state index in [0.29, 0.717) is 33.5 Å². The lowest BCUT2D eigenvalue weighted by Crippen LogP contribution is -2.13. The standard InChI is InChI=1S/C13H13ClN2O2/c1-7-5-10(8(2)18-7)13(17)16-12-4-3-9(14)6-11(12)15/h3-6H,15H2,1-2H3,(H,16,17). The van der Waals surface area contributed by atoms with Crippen LogP contribution in [0.1, 0.15) is 21.9 Å². The van der Waals surface area contributed by atoms with Crippen LogP contribution in [0.25, 0.3) is 0 Å². The number of carbonyl (C=O) groups is 1. The van der Waals surface area contributed by atoms with Crippen LogP contribution in [0, 0.1) is 13.8 Å². The minimum absolute atomic E-state index is 0.252. The van der Waals surface area contributed by atoms with Crippen LogP contribution in [0.3, 0.4) is 0 Å². The van der Waals surface area contributed by atoms with Crippen LogP contribution in [0.2, 0.25) is 5.02 Å². The van der Waals surface area contributed by atoms with Gasteiger partial charge in [-0.05, 0) is 38.1 Å². The van der Waals surface area contributed by atoms with E-state index in [1.165, 1.54) is 0 Å². The summed E-state index contributed by atoms with van der Waals surface area (Å²) in [6.07, 6.45) is 0. The third-order valence-corrected chi connectivity index (χ3v) is 2.78. The zero-order chi connectivity index (χ0) is 13.3. The molecule has 1 amide bonds. The molecule has 1 aromatic carbocycles. The van der Waals surface area contributed by atoms with E-state index in [0.717, 1.165) is 0 Å². The van der Waals surface area contributed by atoms with Gasteiger partial charge in [0, 0.05) is 5.02 Å². The van der Waals surface area contributed by atoms with Gasteiger partial charge in [0.25, 0.3) is 5.91 Å². The fourth-order valence-corrected chi connectivity index (χ4v) is 1.87. The Morgan fingerprint density at radius 3 is 2.61 bits per heavy atom. The highest BCUT2D eigenvalue weighted by Gasteiger charge is 2.14. The Hall–Kier alpha value is -1.94. The van der Waals surface area contributed by atoms with Gasteiger partial charge < -0.3 is 15.5 Å². The SMILES string of the molecule is Cc1cc(C(=O)Nc2ccc(Cl)cc2N)c(C)o1. The quantitative estimate of drug-likeness (QED) is 0.817. The van der Waals surface area contributed by atoms with Gasteiger partial charge in [-0.15, -0.1) is 0 Å². The molecule has 4 nitrogen and oxygen atoms in total. The lowest BCUT2D eigenvalue weighted by atomic mass is 10.2. The van der Waals surface area contributed by atoms with Crippen molar-refractivity contribution in [3.8, 4) is 0 Å². The van der Waals surface area contributed by atoms with Gasteiger partial charge in [-0.1, -0.05) is 11.6 Å². The topological polar surface area (TPSA) is 68.3 Å². The second-order valence-electron chi connectivity index (χ2n) is 4.01. The van der Waals surface area contributed by atoms with Crippen molar-refractivity contribution in [2.24, 2.45) is 0 Å². The molecule has 0 radical (unpaired) electrons. The van der Waals surface area contributed by atoms with Crippen LogP contribution in [-0.2, 0) is 0 Å². The molecule has 0 saturated heterocycles. The number of nitrogen functional groups attached to an aromatic ring is 1. The van der Waals surface area contributed by atoms with Crippen molar-refractivity contribution in [3.63, 3.8) is 0 Å². The van der Waals surface area contributed by atoms with Crippen LogP contribution in [0.15, 0.2) is 28.7 Å². The summed E-state index contributed by atoms with van der Waals surface area (Å²) in [6.45, 7) is 3.54. The number of aryl methyl sites for hydroxylation is 2. The van der Waals surface area contributed by atoms with E-state index in [1.807, 2.05) is 0 Å². The second-order valence-corrected chi connectivity index (χ2v) is 4.45. The molecule has 1 heterocycles. The molecule has 0 spiro atoms. The molecule has 2 aromatic rings. The second kappa shape index (κ2) is 4.74. The van der Waals surface area contributed by atoms with Crippen molar-refractivity contribution in [1.82, 2.24) is 0 Å². The molecule has 5 heteroatoms. The van der Waals surface area contributed by atoms with Crippen molar-refractivity contribution in [2.45, 2.75) is 13.8 Å². The number of hydrogen-bond donors (Lipinski definition) is 2. The number of rotatable bonds is 2. The molecule has 0 fully saturated rings. The highest BCUT2D eigenvalue weighted by molar-refractivity contribution is 6.31. The molecule has 94 valence electrons. The third kappa shape index (κ3) is 2.49. The number of furan rings is 1. The van der Waals surface area contributed by atoms with E-state index in [2.05, 4.69) is 5.32 Å². The van der Waals surface area contributed by atoms with Crippen molar-refractivity contribution in [1.29, 1.82) is 0 Å². The van der Waals surface area contributed by atoms with E-state index < -0.39 is 0 Å². The number of hydrogen-bond acceptors (Lipinski definition) is 3. The molecular formula is C13H13ClN2O2. The maximum atomic E-state index is 12.0. The molecule has 0 aliphatic carbocycles. The zero-order valence-electron chi connectivity index (χ0n) is 10.1. The van der Waals surface area contributed by atoms with Crippen molar-refractivity contribution < 1.29 is 9.21 Å². The summed E-state index contributed by atoms with van der Waals surface area (Å²) in [4.78, 5) is 12.0.